The van der Waals surface area contributed by atoms with Crippen molar-refractivity contribution in [2.24, 2.45) is 0 Å². The average Bonchev–Trinajstić information content (AvgIpc) is 3.99. The normalized spacial score (nSPS) is 17.0. The summed E-state index contributed by atoms with van der Waals surface area (Å²) < 4.78 is 56.8. The van der Waals surface area contributed by atoms with Gasteiger partial charge in [0.2, 0.25) is 0 Å². The number of aromatic nitrogens is 4. The first-order chi connectivity index (χ1) is 25.4. The summed E-state index contributed by atoms with van der Waals surface area (Å²) in [4.78, 5) is 14.5. The lowest BCUT2D eigenvalue weighted by atomic mass is 10.0. The van der Waals surface area contributed by atoms with Gasteiger partial charge in [-0.1, -0.05) is 48.5 Å². The third kappa shape index (κ3) is 5.60. The molecule has 4 aromatic carbocycles. The van der Waals surface area contributed by atoms with Crippen molar-refractivity contribution < 1.29 is 17.6 Å². The molecule has 8 bridgehead atoms. The molecule has 0 saturated carbocycles. The van der Waals surface area contributed by atoms with Gasteiger partial charge in [0.25, 0.3) is 0 Å². The first kappa shape index (κ1) is 31.2. The van der Waals surface area contributed by atoms with Crippen molar-refractivity contribution >= 4 is 22.3 Å². The lowest BCUT2D eigenvalue weighted by molar-refractivity contribution is 0.627. The number of hydrogen-bond donors (Lipinski definition) is 4. The molecular formula is C44H28F4N4. The second-order valence-corrected chi connectivity index (χ2v) is 12.7. The molecular weight excluding hydrogens is 661 g/mol. The molecule has 0 atom stereocenters. The van der Waals surface area contributed by atoms with Crippen LogP contribution in [0.25, 0.3) is 22.3 Å². The third-order valence-corrected chi connectivity index (χ3v) is 9.43. The zero-order chi connectivity index (χ0) is 35.3. The Kier molecular flexibility index (Phi) is 7.51. The Labute approximate surface area is 294 Å². The topological polar surface area (TPSA) is 63.2 Å². The van der Waals surface area contributed by atoms with Crippen molar-refractivity contribution in [1.29, 1.82) is 0 Å². The molecule has 0 saturated heterocycles. The van der Waals surface area contributed by atoms with Crippen LogP contribution in [0.3, 0.4) is 0 Å². The van der Waals surface area contributed by atoms with E-state index in [1.165, 1.54) is 48.5 Å². The molecule has 5 heterocycles. The van der Waals surface area contributed by atoms with Crippen molar-refractivity contribution in [1.82, 2.24) is 19.9 Å². The standard InChI is InChI=1S/C44H28F4N4/c45-29-9-1-25(2-10-29)41-33-17-19-35(49-33)42(26-3-11-30(46)12-4-26)37-21-23-39(51-37)44(28-7-15-32(48)16-8-28)40-24-22-38(52-40)43(36-20-18-34(41)50-36)27-5-13-31(47)14-6-27/h1-24,49-52H/b41-33-,41-34?,42-35-,42-37?,43-36?,43-38-,44-39?,44-40-. The first-order valence-corrected chi connectivity index (χ1v) is 16.7. The van der Waals surface area contributed by atoms with Crippen molar-refractivity contribution in [2.45, 2.75) is 0 Å². The minimum atomic E-state index is -0.349. The van der Waals surface area contributed by atoms with E-state index in [0.29, 0.717) is 0 Å². The van der Waals surface area contributed by atoms with Gasteiger partial charge in [0, 0.05) is 66.5 Å². The van der Waals surface area contributed by atoms with E-state index in [0.717, 1.165) is 88.7 Å². The molecule has 52 heavy (non-hydrogen) atoms. The maximum absolute atomic E-state index is 14.2. The van der Waals surface area contributed by atoms with E-state index in [1.54, 1.807) is 48.5 Å². The molecule has 1 aliphatic heterocycles. The molecule has 1 aliphatic rings. The number of aromatic amines is 4. The van der Waals surface area contributed by atoms with Gasteiger partial charge in [-0.05, 0) is 119 Å². The smallest absolute Gasteiger partial charge is 0.123 e. The highest BCUT2D eigenvalue weighted by Crippen LogP contribution is 2.28. The van der Waals surface area contributed by atoms with E-state index < -0.39 is 0 Å². The van der Waals surface area contributed by atoms with Crippen LogP contribution in [-0.4, -0.2) is 19.9 Å². The first-order valence-electron chi connectivity index (χ1n) is 16.7. The summed E-state index contributed by atoms with van der Waals surface area (Å²) in [5, 5.41) is 3.05. The Morgan fingerprint density at radius 2 is 0.442 bits per heavy atom. The van der Waals surface area contributed by atoms with E-state index in [9.17, 15) is 17.6 Å². The Morgan fingerprint density at radius 1 is 0.231 bits per heavy atom. The molecule has 8 aromatic rings. The lowest BCUT2D eigenvalue weighted by Crippen LogP contribution is -2.19. The Bertz CT molecular complexity index is 2460. The maximum Gasteiger partial charge on any atom is 0.123 e. The Morgan fingerprint density at radius 3 is 0.654 bits per heavy atom. The van der Waals surface area contributed by atoms with E-state index in [-0.39, 0.29) is 23.3 Å². The van der Waals surface area contributed by atoms with Crippen LogP contribution < -0.4 is 21.4 Å². The molecule has 0 radical (unpaired) electrons. The number of fused-ring (bicyclic) bond motifs is 8. The van der Waals surface area contributed by atoms with Gasteiger partial charge >= 0.3 is 0 Å². The summed E-state index contributed by atoms with van der Waals surface area (Å²) >= 11 is 0. The van der Waals surface area contributed by atoms with Crippen molar-refractivity contribution in [2.75, 3.05) is 0 Å². The molecule has 0 amide bonds. The van der Waals surface area contributed by atoms with Crippen LogP contribution in [0.1, 0.15) is 45.0 Å². The van der Waals surface area contributed by atoms with Gasteiger partial charge in [0.1, 0.15) is 23.3 Å². The number of hydrogen-bond acceptors (Lipinski definition) is 0. The molecule has 0 fully saturated rings. The largest absolute Gasteiger partial charge is 0.354 e. The highest BCUT2D eigenvalue weighted by atomic mass is 19.1. The predicted octanol–water partition coefficient (Wildman–Crippen LogP) is 6.86. The number of nitrogens with one attached hydrogen (secondary N) is 4. The Balaban J connectivity index is 1.43. The molecule has 8 heteroatoms. The highest BCUT2D eigenvalue weighted by molar-refractivity contribution is 5.84. The van der Waals surface area contributed by atoms with Crippen molar-refractivity contribution in [3.8, 4) is 0 Å². The van der Waals surface area contributed by atoms with Crippen molar-refractivity contribution in [3.05, 3.63) is 235 Å². The fourth-order valence-electron chi connectivity index (χ4n) is 7.04. The van der Waals surface area contributed by atoms with Crippen LogP contribution in [0.5, 0.6) is 0 Å². The second-order valence-electron chi connectivity index (χ2n) is 12.7. The predicted molar refractivity (Wildman–Crippen MR) is 194 cm³/mol. The summed E-state index contributed by atoms with van der Waals surface area (Å²) in [7, 11) is 0. The van der Waals surface area contributed by atoms with Crippen LogP contribution >= 0.6 is 0 Å². The average molecular weight is 689 g/mol. The van der Waals surface area contributed by atoms with Crippen molar-refractivity contribution in [3.63, 3.8) is 0 Å². The summed E-state index contributed by atoms with van der Waals surface area (Å²) in [6.07, 6.45) is 0. The van der Waals surface area contributed by atoms with Crippen LogP contribution in [0.15, 0.2) is 146 Å². The molecule has 4 N–H and O–H groups in total. The molecule has 4 aromatic heterocycles. The number of rotatable bonds is 4. The summed E-state index contributed by atoms with van der Waals surface area (Å²) in [6.45, 7) is 0. The van der Waals surface area contributed by atoms with Gasteiger partial charge in [-0.15, -0.1) is 0 Å². The molecule has 0 spiro atoms. The molecule has 4 nitrogen and oxygen atoms in total. The van der Waals surface area contributed by atoms with E-state index in [1.807, 2.05) is 48.5 Å². The minimum absolute atomic E-state index is 0.349. The number of H-pyrrole nitrogens is 4. The third-order valence-electron chi connectivity index (χ3n) is 9.43. The summed E-state index contributed by atoms with van der Waals surface area (Å²) in [6, 6.07) is 41.1. The van der Waals surface area contributed by atoms with Gasteiger partial charge < -0.3 is 19.9 Å². The van der Waals surface area contributed by atoms with Crippen LogP contribution in [-0.2, 0) is 0 Å². The highest BCUT2D eigenvalue weighted by Gasteiger charge is 2.18. The molecule has 9 rings (SSSR count). The van der Waals surface area contributed by atoms with Crippen LogP contribution in [0, 0.1) is 23.3 Å². The van der Waals surface area contributed by atoms with Gasteiger partial charge in [-0.2, -0.15) is 0 Å². The molecule has 252 valence electrons. The zero-order valence-electron chi connectivity index (χ0n) is 27.4. The fourth-order valence-corrected chi connectivity index (χ4v) is 7.04. The lowest BCUT2D eigenvalue weighted by Gasteiger charge is -2.10. The van der Waals surface area contributed by atoms with Gasteiger partial charge in [0.05, 0.1) is 0 Å². The van der Waals surface area contributed by atoms with E-state index in [2.05, 4.69) is 19.9 Å². The Hall–Kier alpha value is -6.80. The molecule has 0 aliphatic carbocycles. The fraction of sp³-hybridized carbons (Fsp3) is 0. The quantitative estimate of drug-likeness (QED) is 0.146. The van der Waals surface area contributed by atoms with Gasteiger partial charge in [-0.3, -0.25) is 0 Å². The SMILES string of the molecule is Fc1ccc(/C2=c3\cc/c([nH]3)=C(\c3ccc(F)cc3)c3ccc([nH]3)/C(c3ccc(F)cc3)=c3/cc/c([nH]3)=C(\c3ccc(F)cc3)c3ccc2[nH]3)cc1. The van der Waals surface area contributed by atoms with Crippen LogP contribution in [0.4, 0.5) is 17.6 Å². The zero-order valence-corrected chi connectivity index (χ0v) is 27.4. The van der Waals surface area contributed by atoms with Gasteiger partial charge in [0.15, 0.2) is 0 Å². The van der Waals surface area contributed by atoms with E-state index in [4.69, 9.17) is 0 Å². The molecule has 0 unspecified atom stereocenters. The van der Waals surface area contributed by atoms with E-state index >= 15 is 0 Å². The second kappa shape index (κ2) is 12.5. The number of halogens is 4. The monoisotopic (exact) mass is 688 g/mol. The summed E-state index contributed by atoms with van der Waals surface area (Å²) in [5.74, 6) is -1.40. The minimum Gasteiger partial charge on any atom is -0.354 e. The van der Waals surface area contributed by atoms with Gasteiger partial charge in [-0.25, -0.2) is 17.6 Å². The summed E-state index contributed by atoms with van der Waals surface area (Å²) in [5.41, 5.74) is 9.35. The maximum atomic E-state index is 14.2. The van der Waals surface area contributed by atoms with Crippen LogP contribution in [0.2, 0.25) is 0 Å². The number of benzene rings is 4.